The van der Waals surface area contributed by atoms with Crippen LogP contribution in [0.1, 0.15) is 39.2 Å². The molecule has 0 aliphatic rings. The van der Waals surface area contributed by atoms with Gasteiger partial charge in [-0.15, -0.1) is 0 Å². The fourth-order valence-electron chi connectivity index (χ4n) is 2.17. The number of methoxy groups -OCH3 is 1. The van der Waals surface area contributed by atoms with Gasteiger partial charge in [-0.1, -0.05) is 18.2 Å². The number of rotatable bonds is 5. The predicted molar refractivity (Wildman–Crippen MR) is 83.8 cm³/mol. The molecule has 3 N–H and O–H groups in total. The second-order valence-electron chi connectivity index (χ2n) is 4.88. The van der Waals surface area contributed by atoms with Gasteiger partial charge in [-0.25, -0.2) is 0 Å². The number of nitrogens with two attached hydrogens (primary N) is 1. The summed E-state index contributed by atoms with van der Waals surface area (Å²) in [5.74, 6) is -0.0249. The van der Waals surface area contributed by atoms with Gasteiger partial charge in [0, 0.05) is 16.7 Å². The number of ether oxygens (including phenoxy) is 1. The smallest absolute Gasteiger partial charge is 0.251 e. The van der Waals surface area contributed by atoms with Gasteiger partial charge in [-0.2, -0.15) is 0 Å². The molecule has 0 saturated heterocycles. The van der Waals surface area contributed by atoms with Gasteiger partial charge in [0.15, 0.2) is 0 Å². The summed E-state index contributed by atoms with van der Waals surface area (Å²) in [5, 5.41) is 2.90. The Kier molecular flexibility index (Phi) is 4.78. The van der Waals surface area contributed by atoms with E-state index in [1.807, 2.05) is 31.2 Å². The number of primary amides is 1. The van der Waals surface area contributed by atoms with Gasteiger partial charge in [0.2, 0.25) is 5.91 Å². The van der Waals surface area contributed by atoms with Gasteiger partial charge in [-0.05, 0) is 37.3 Å². The van der Waals surface area contributed by atoms with Crippen molar-refractivity contribution in [1.29, 1.82) is 0 Å². The zero-order chi connectivity index (χ0) is 16.1. The normalized spacial score (nSPS) is 11.5. The lowest BCUT2D eigenvalue weighted by Crippen LogP contribution is -2.27. The molecule has 0 aromatic heterocycles. The van der Waals surface area contributed by atoms with Gasteiger partial charge in [0.05, 0.1) is 13.2 Å². The van der Waals surface area contributed by atoms with Gasteiger partial charge >= 0.3 is 0 Å². The molecule has 2 rings (SSSR count). The van der Waals surface area contributed by atoms with Crippen LogP contribution in [-0.4, -0.2) is 18.9 Å². The Morgan fingerprint density at radius 2 is 1.64 bits per heavy atom. The number of carbonyl (C=O) groups excluding carboxylic acids is 2. The molecule has 2 amide bonds. The summed E-state index contributed by atoms with van der Waals surface area (Å²) in [6.45, 7) is 1.88. The number of carbonyl (C=O) groups is 2. The van der Waals surface area contributed by atoms with Crippen LogP contribution >= 0.6 is 0 Å². The monoisotopic (exact) mass is 298 g/mol. The first-order valence-electron chi connectivity index (χ1n) is 6.86. The van der Waals surface area contributed by atoms with E-state index in [9.17, 15) is 9.59 Å². The Hall–Kier alpha value is -2.82. The first-order valence-corrected chi connectivity index (χ1v) is 6.86. The Labute approximate surface area is 129 Å². The molecule has 0 saturated carbocycles. The van der Waals surface area contributed by atoms with Crippen molar-refractivity contribution >= 4 is 11.8 Å². The van der Waals surface area contributed by atoms with Crippen LogP contribution in [0, 0.1) is 0 Å². The second-order valence-corrected chi connectivity index (χ2v) is 4.88. The molecule has 0 aliphatic heterocycles. The van der Waals surface area contributed by atoms with Crippen LogP contribution in [0.5, 0.6) is 5.75 Å². The maximum absolute atomic E-state index is 12.2. The number of benzene rings is 2. The minimum absolute atomic E-state index is 0.209. The third-order valence-electron chi connectivity index (χ3n) is 3.38. The minimum atomic E-state index is -0.519. The summed E-state index contributed by atoms with van der Waals surface area (Å²) in [6.07, 6.45) is 0. The highest BCUT2D eigenvalue weighted by Crippen LogP contribution is 2.24. The van der Waals surface area contributed by atoms with Crippen molar-refractivity contribution in [2.45, 2.75) is 13.0 Å². The molecule has 5 nitrogen and oxygen atoms in total. The van der Waals surface area contributed by atoms with Crippen LogP contribution in [-0.2, 0) is 0 Å². The lowest BCUT2D eigenvalue weighted by atomic mass is 10.1. The summed E-state index contributed by atoms with van der Waals surface area (Å²) < 4.78 is 5.29. The van der Waals surface area contributed by atoms with Gasteiger partial charge < -0.3 is 15.8 Å². The van der Waals surface area contributed by atoms with Crippen molar-refractivity contribution in [3.8, 4) is 5.75 Å². The quantitative estimate of drug-likeness (QED) is 0.888. The first-order chi connectivity index (χ1) is 10.5. The van der Waals surface area contributed by atoms with E-state index < -0.39 is 5.91 Å². The predicted octanol–water partition coefficient (Wildman–Crippen LogP) is 2.29. The number of hydrogen-bond donors (Lipinski definition) is 2. The fraction of sp³-hybridized carbons (Fsp3) is 0.176. The first kappa shape index (κ1) is 15.6. The lowest BCUT2D eigenvalue weighted by Gasteiger charge is -2.17. The van der Waals surface area contributed by atoms with E-state index in [1.54, 1.807) is 19.2 Å². The Morgan fingerprint density at radius 1 is 1.05 bits per heavy atom. The van der Waals surface area contributed by atoms with E-state index in [0.717, 1.165) is 11.3 Å². The maximum Gasteiger partial charge on any atom is 0.251 e. The van der Waals surface area contributed by atoms with E-state index in [4.69, 9.17) is 10.5 Å². The van der Waals surface area contributed by atoms with Crippen molar-refractivity contribution in [2.24, 2.45) is 5.73 Å². The van der Waals surface area contributed by atoms with Crippen LogP contribution in [0.3, 0.4) is 0 Å². The minimum Gasteiger partial charge on any atom is -0.496 e. The zero-order valence-electron chi connectivity index (χ0n) is 12.5. The Morgan fingerprint density at radius 3 is 2.23 bits per heavy atom. The van der Waals surface area contributed by atoms with Gasteiger partial charge in [-0.3, -0.25) is 9.59 Å². The summed E-state index contributed by atoms with van der Waals surface area (Å²) in [5.41, 5.74) is 6.91. The number of nitrogens with one attached hydrogen (secondary N) is 1. The van der Waals surface area contributed by atoms with Crippen LogP contribution in [0.15, 0.2) is 48.5 Å². The topological polar surface area (TPSA) is 81.4 Å². The van der Waals surface area contributed by atoms with E-state index in [-0.39, 0.29) is 11.9 Å². The Bertz CT molecular complexity index is 681. The molecular weight excluding hydrogens is 280 g/mol. The highest BCUT2D eigenvalue weighted by atomic mass is 16.5. The fourth-order valence-corrected chi connectivity index (χ4v) is 2.17. The number of para-hydroxylation sites is 1. The van der Waals surface area contributed by atoms with Crippen LogP contribution in [0.25, 0.3) is 0 Å². The van der Waals surface area contributed by atoms with Crippen LogP contribution in [0.2, 0.25) is 0 Å². The van der Waals surface area contributed by atoms with Gasteiger partial charge in [0.1, 0.15) is 5.75 Å². The zero-order valence-corrected chi connectivity index (χ0v) is 12.5. The summed E-state index contributed by atoms with van der Waals surface area (Å²) >= 11 is 0. The molecule has 0 radical (unpaired) electrons. The largest absolute Gasteiger partial charge is 0.496 e. The van der Waals surface area contributed by atoms with Crippen molar-refractivity contribution in [1.82, 2.24) is 5.32 Å². The van der Waals surface area contributed by atoms with Crippen molar-refractivity contribution in [3.63, 3.8) is 0 Å². The van der Waals surface area contributed by atoms with Crippen LogP contribution < -0.4 is 15.8 Å². The average molecular weight is 298 g/mol. The summed E-state index contributed by atoms with van der Waals surface area (Å²) in [4.78, 5) is 23.3. The molecule has 2 aromatic carbocycles. The number of hydrogen-bond acceptors (Lipinski definition) is 3. The molecule has 0 unspecified atom stereocenters. The van der Waals surface area contributed by atoms with Crippen molar-refractivity contribution < 1.29 is 14.3 Å². The van der Waals surface area contributed by atoms with E-state index in [1.165, 1.54) is 12.1 Å². The standard InChI is InChI=1S/C17H18N2O3/c1-11(14-5-3-4-6-15(14)22-2)19-17(21)13-9-7-12(8-10-13)16(18)20/h3-11H,1-2H3,(H2,18,20)(H,19,21)/t11-/m0/s1. The average Bonchev–Trinajstić information content (AvgIpc) is 2.54. The molecule has 114 valence electrons. The molecule has 5 heteroatoms. The van der Waals surface area contributed by atoms with E-state index in [2.05, 4.69) is 5.32 Å². The van der Waals surface area contributed by atoms with Crippen LogP contribution in [0.4, 0.5) is 0 Å². The third kappa shape index (κ3) is 3.44. The summed E-state index contributed by atoms with van der Waals surface area (Å²) in [6, 6.07) is 13.5. The summed E-state index contributed by atoms with van der Waals surface area (Å²) in [7, 11) is 1.59. The molecule has 22 heavy (non-hydrogen) atoms. The molecule has 0 fully saturated rings. The molecule has 0 heterocycles. The van der Waals surface area contributed by atoms with E-state index in [0.29, 0.717) is 11.1 Å². The molecule has 0 bridgehead atoms. The molecule has 0 aliphatic carbocycles. The molecule has 1 atom stereocenters. The SMILES string of the molecule is COc1ccccc1[C@H](C)NC(=O)c1ccc(C(N)=O)cc1. The molecule has 0 spiro atoms. The third-order valence-corrected chi connectivity index (χ3v) is 3.38. The maximum atomic E-state index is 12.2. The molecule has 2 aromatic rings. The van der Waals surface area contributed by atoms with Gasteiger partial charge in [0.25, 0.3) is 5.91 Å². The van der Waals surface area contributed by atoms with E-state index >= 15 is 0 Å². The van der Waals surface area contributed by atoms with Crippen molar-refractivity contribution in [3.05, 3.63) is 65.2 Å². The highest BCUT2D eigenvalue weighted by molar-refractivity contribution is 5.97. The Balaban J connectivity index is 2.12. The lowest BCUT2D eigenvalue weighted by molar-refractivity contribution is 0.0937. The molecular formula is C17H18N2O3. The second kappa shape index (κ2) is 6.76. The number of amides is 2. The highest BCUT2D eigenvalue weighted by Gasteiger charge is 2.15. The van der Waals surface area contributed by atoms with Crippen molar-refractivity contribution in [2.75, 3.05) is 7.11 Å².